The minimum atomic E-state index is -0.544. The van der Waals surface area contributed by atoms with E-state index in [0.29, 0.717) is 23.1 Å². The van der Waals surface area contributed by atoms with Crippen LogP contribution in [0.25, 0.3) is 0 Å². The third-order valence-electron chi connectivity index (χ3n) is 6.49. The van der Waals surface area contributed by atoms with Crippen LogP contribution in [-0.2, 0) is 14.9 Å². The third kappa shape index (κ3) is 5.76. The molecule has 1 aliphatic carbocycles. The first-order valence-corrected chi connectivity index (χ1v) is 11.6. The van der Waals surface area contributed by atoms with E-state index in [1.165, 1.54) is 0 Å². The maximum absolute atomic E-state index is 13.5. The van der Waals surface area contributed by atoms with Gasteiger partial charge in [-0.05, 0) is 62.6 Å². The van der Waals surface area contributed by atoms with E-state index in [-0.39, 0.29) is 11.5 Å². The molecule has 1 amide bonds. The number of carbonyl (C=O) groups is 1. The molecule has 5 nitrogen and oxygen atoms in total. The van der Waals surface area contributed by atoms with Crippen molar-refractivity contribution in [3.8, 4) is 11.5 Å². The second-order valence-electron chi connectivity index (χ2n) is 9.03. The van der Waals surface area contributed by atoms with Crippen molar-refractivity contribution in [1.82, 2.24) is 0 Å². The number of anilines is 1. The number of methoxy groups -OCH3 is 2. The highest BCUT2D eigenvalue weighted by atomic mass is 35.5. The molecular weight excluding hydrogens is 426 g/mol. The first kappa shape index (κ1) is 24.4. The van der Waals surface area contributed by atoms with E-state index >= 15 is 0 Å². The van der Waals surface area contributed by atoms with Gasteiger partial charge < -0.3 is 19.5 Å². The van der Waals surface area contributed by atoms with E-state index in [1.807, 2.05) is 44.2 Å². The molecule has 1 N–H and O–H groups in total. The monoisotopic (exact) mass is 459 g/mol. The van der Waals surface area contributed by atoms with E-state index in [2.05, 4.69) is 5.32 Å². The van der Waals surface area contributed by atoms with Crippen LogP contribution in [0.1, 0.15) is 57.9 Å². The number of hydrogen-bond acceptors (Lipinski definition) is 4. The third-order valence-corrected chi connectivity index (χ3v) is 6.78. The summed E-state index contributed by atoms with van der Waals surface area (Å²) in [6, 6.07) is 13.3. The Labute approximate surface area is 196 Å². The van der Waals surface area contributed by atoms with Crippen molar-refractivity contribution in [3.63, 3.8) is 0 Å². The molecule has 0 aromatic heterocycles. The predicted octanol–water partition coefficient (Wildman–Crippen LogP) is 6.38. The van der Waals surface area contributed by atoms with Gasteiger partial charge in [-0.2, -0.15) is 0 Å². The summed E-state index contributed by atoms with van der Waals surface area (Å²) in [6.07, 6.45) is 5.62. The van der Waals surface area contributed by atoms with Gasteiger partial charge in [0.05, 0.1) is 29.8 Å². The van der Waals surface area contributed by atoms with Crippen LogP contribution in [0.15, 0.2) is 42.5 Å². The molecule has 0 spiro atoms. The Morgan fingerprint density at radius 2 is 1.75 bits per heavy atom. The van der Waals surface area contributed by atoms with Crippen molar-refractivity contribution in [2.75, 3.05) is 26.1 Å². The maximum Gasteiger partial charge on any atom is 0.235 e. The smallest absolute Gasteiger partial charge is 0.235 e. The summed E-state index contributed by atoms with van der Waals surface area (Å²) < 4.78 is 16.5. The largest absolute Gasteiger partial charge is 0.497 e. The van der Waals surface area contributed by atoms with E-state index < -0.39 is 5.41 Å². The molecule has 0 radical (unpaired) electrons. The average Bonchev–Trinajstić information content (AvgIpc) is 2.81. The van der Waals surface area contributed by atoms with E-state index in [4.69, 9.17) is 25.8 Å². The van der Waals surface area contributed by atoms with Gasteiger partial charge in [0.2, 0.25) is 5.91 Å². The summed E-state index contributed by atoms with van der Waals surface area (Å²) in [4.78, 5) is 13.5. The van der Waals surface area contributed by atoms with Crippen LogP contribution in [0.4, 0.5) is 5.69 Å². The summed E-state index contributed by atoms with van der Waals surface area (Å²) in [5.74, 6) is 1.39. The molecule has 0 saturated heterocycles. The molecule has 2 aromatic carbocycles. The second kappa shape index (κ2) is 10.6. The molecule has 1 fully saturated rings. The molecule has 0 heterocycles. The molecule has 0 unspecified atom stereocenters. The molecule has 3 rings (SSSR count). The molecule has 0 aliphatic heterocycles. The Balaban J connectivity index is 1.72. The summed E-state index contributed by atoms with van der Waals surface area (Å²) in [6.45, 7) is 4.52. The van der Waals surface area contributed by atoms with Gasteiger partial charge in [0.25, 0.3) is 0 Å². The van der Waals surface area contributed by atoms with Crippen LogP contribution >= 0.6 is 11.6 Å². The quantitative estimate of drug-likeness (QED) is 0.472. The number of hydrogen-bond donors (Lipinski definition) is 1. The van der Waals surface area contributed by atoms with Crippen molar-refractivity contribution in [1.29, 1.82) is 0 Å². The van der Waals surface area contributed by atoms with Gasteiger partial charge in [-0.1, -0.05) is 43.0 Å². The molecule has 1 saturated carbocycles. The van der Waals surface area contributed by atoms with Crippen LogP contribution in [0, 0.1) is 0 Å². The van der Waals surface area contributed by atoms with Crippen LogP contribution in [0.2, 0.25) is 5.02 Å². The zero-order chi connectivity index (χ0) is 23.2. The Morgan fingerprint density at radius 3 is 2.34 bits per heavy atom. The highest BCUT2D eigenvalue weighted by Gasteiger charge is 2.41. The number of rotatable bonds is 9. The Bertz CT molecular complexity index is 905. The molecule has 1 aliphatic rings. The number of carbonyl (C=O) groups excluding carboxylic acids is 1. The SMILES string of the molecule is COc1ccc(C2(C(=O)Nc3ccc(OCCC(C)(C)OC)c(Cl)c3)CCCCC2)cc1. The van der Waals surface area contributed by atoms with Crippen molar-refractivity contribution in [3.05, 3.63) is 53.1 Å². The number of nitrogens with one attached hydrogen (secondary N) is 1. The number of ether oxygens (including phenoxy) is 3. The molecule has 6 heteroatoms. The van der Waals surface area contributed by atoms with Crippen LogP contribution in [0.3, 0.4) is 0 Å². The van der Waals surface area contributed by atoms with Crippen molar-refractivity contribution in [2.45, 2.75) is 63.4 Å². The maximum atomic E-state index is 13.5. The fourth-order valence-electron chi connectivity index (χ4n) is 4.17. The Hall–Kier alpha value is -2.24. The lowest BCUT2D eigenvalue weighted by Gasteiger charge is -2.36. The van der Waals surface area contributed by atoms with E-state index in [1.54, 1.807) is 26.4 Å². The highest BCUT2D eigenvalue weighted by molar-refractivity contribution is 6.32. The Morgan fingerprint density at radius 1 is 1.06 bits per heavy atom. The molecular formula is C26H34ClNO4. The van der Waals surface area contributed by atoms with Gasteiger partial charge in [-0.25, -0.2) is 0 Å². The molecule has 174 valence electrons. The fourth-order valence-corrected chi connectivity index (χ4v) is 4.40. The lowest BCUT2D eigenvalue weighted by Crippen LogP contribution is -2.42. The van der Waals surface area contributed by atoms with Gasteiger partial charge in [0.15, 0.2) is 0 Å². The van der Waals surface area contributed by atoms with Crippen molar-refractivity contribution >= 4 is 23.2 Å². The van der Waals surface area contributed by atoms with E-state index in [0.717, 1.165) is 49.8 Å². The van der Waals surface area contributed by atoms with Gasteiger partial charge in [-0.3, -0.25) is 4.79 Å². The van der Waals surface area contributed by atoms with Crippen LogP contribution < -0.4 is 14.8 Å². The van der Waals surface area contributed by atoms with Gasteiger partial charge in [-0.15, -0.1) is 0 Å². The Kier molecular flexibility index (Phi) is 8.07. The molecule has 0 atom stereocenters. The normalized spacial score (nSPS) is 15.8. The standard InChI is InChI=1S/C26H34ClNO4/c1-25(2,31-4)16-17-32-23-13-10-20(18-22(23)27)28-24(29)26(14-6-5-7-15-26)19-8-11-21(30-3)12-9-19/h8-13,18H,5-7,14-17H2,1-4H3,(H,28,29). The summed E-state index contributed by atoms with van der Waals surface area (Å²) in [7, 11) is 3.34. The second-order valence-corrected chi connectivity index (χ2v) is 9.44. The number of benzene rings is 2. The van der Waals surface area contributed by atoms with Crippen molar-refractivity contribution in [2.24, 2.45) is 0 Å². The first-order valence-electron chi connectivity index (χ1n) is 11.2. The van der Waals surface area contributed by atoms with Gasteiger partial charge in [0, 0.05) is 19.2 Å². The first-order chi connectivity index (χ1) is 15.3. The summed E-state index contributed by atoms with van der Waals surface area (Å²) in [5, 5.41) is 3.58. The fraction of sp³-hybridized carbons (Fsp3) is 0.500. The average molecular weight is 460 g/mol. The molecule has 2 aromatic rings. The minimum absolute atomic E-state index is 0.00828. The lowest BCUT2D eigenvalue weighted by molar-refractivity contribution is -0.122. The zero-order valence-corrected chi connectivity index (χ0v) is 20.3. The lowest BCUT2D eigenvalue weighted by atomic mass is 9.68. The zero-order valence-electron chi connectivity index (χ0n) is 19.5. The predicted molar refractivity (Wildman–Crippen MR) is 129 cm³/mol. The van der Waals surface area contributed by atoms with Crippen molar-refractivity contribution < 1.29 is 19.0 Å². The number of amides is 1. The van der Waals surface area contributed by atoms with Crippen LogP contribution in [-0.4, -0.2) is 32.3 Å². The highest BCUT2D eigenvalue weighted by Crippen LogP contribution is 2.41. The summed E-state index contributed by atoms with van der Waals surface area (Å²) >= 11 is 6.45. The summed E-state index contributed by atoms with van der Waals surface area (Å²) in [5.41, 5.74) is 0.902. The minimum Gasteiger partial charge on any atom is -0.497 e. The topological polar surface area (TPSA) is 56.8 Å². The van der Waals surface area contributed by atoms with E-state index in [9.17, 15) is 4.79 Å². The van der Waals surface area contributed by atoms with Crippen LogP contribution in [0.5, 0.6) is 11.5 Å². The molecule has 32 heavy (non-hydrogen) atoms. The van der Waals surface area contributed by atoms with Gasteiger partial charge >= 0.3 is 0 Å². The van der Waals surface area contributed by atoms with Gasteiger partial charge in [0.1, 0.15) is 11.5 Å². The molecule has 0 bridgehead atoms. The number of halogens is 1.